The molecule has 0 radical (unpaired) electrons. The zero-order valence-electron chi connectivity index (χ0n) is 13.1. The maximum atomic E-state index is 10.5. The first-order valence-corrected chi connectivity index (χ1v) is 7.40. The number of nitrogens with one attached hydrogen (secondary N) is 1. The van der Waals surface area contributed by atoms with Crippen LogP contribution in [0.15, 0.2) is 30.3 Å². The van der Waals surface area contributed by atoms with Crippen LogP contribution in [0.1, 0.15) is 33.3 Å². The summed E-state index contributed by atoms with van der Waals surface area (Å²) < 4.78 is 0. The molecule has 0 saturated carbocycles. The monoisotopic (exact) mass is 279 g/mol. The Bertz CT molecular complexity index is 372. The Kier molecular flexibility index (Phi) is 6.66. The van der Waals surface area contributed by atoms with Gasteiger partial charge in [-0.2, -0.15) is 0 Å². The van der Waals surface area contributed by atoms with Crippen molar-refractivity contribution in [2.24, 2.45) is 11.3 Å². The second-order valence-corrected chi connectivity index (χ2v) is 6.72. The molecule has 0 heterocycles. The Balaban J connectivity index is 2.69. The SMILES string of the molecule is C[C@@H](CO)NC[C@H](O)C(Cc1ccccc1)C(C)(C)C. The van der Waals surface area contributed by atoms with Crippen LogP contribution >= 0.6 is 0 Å². The van der Waals surface area contributed by atoms with Crippen LogP contribution < -0.4 is 5.32 Å². The molecule has 20 heavy (non-hydrogen) atoms. The molecular formula is C17H29NO2. The van der Waals surface area contributed by atoms with Gasteiger partial charge < -0.3 is 15.5 Å². The smallest absolute Gasteiger partial charge is 0.0700 e. The number of aliphatic hydroxyl groups excluding tert-OH is 2. The summed E-state index contributed by atoms with van der Waals surface area (Å²) in [4.78, 5) is 0. The number of hydrogen-bond acceptors (Lipinski definition) is 3. The van der Waals surface area contributed by atoms with E-state index in [1.807, 2.05) is 25.1 Å². The van der Waals surface area contributed by atoms with E-state index in [9.17, 15) is 5.11 Å². The van der Waals surface area contributed by atoms with Crippen molar-refractivity contribution in [3.8, 4) is 0 Å². The summed E-state index contributed by atoms with van der Waals surface area (Å²) in [6.45, 7) is 9.01. The number of aliphatic hydroxyl groups is 2. The van der Waals surface area contributed by atoms with Gasteiger partial charge in [-0.05, 0) is 30.2 Å². The molecule has 0 fully saturated rings. The van der Waals surface area contributed by atoms with E-state index >= 15 is 0 Å². The molecule has 3 nitrogen and oxygen atoms in total. The first-order chi connectivity index (χ1) is 9.34. The molecule has 0 spiro atoms. The lowest BCUT2D eigenvalue weighted by atomic mass is 9.74. The first-order valence-electron chi connectivity index (χ1n) is 7.40. The van der Waals surface area contributed by atoms with Gasteiger partial charge in [-0.15, -0.1) is 0 Å². The maximum Gasteiger partial charge on any atom is 0.0700 e. The minimum atomic E-state index is -0.427. The normalized spacial score (nSPS) is 16.7. The molecule has 0 aromatic heterocycles. The van der Waals surface area contributed by atoms with Crippen LogP contribution in [0.4, 0.5) is 0 Å². The average Bonchev–Trinajstić information content (AvgIpc) is 2.41. The molecule has 1 aromatic rings. The quantitative estimate of drug-likeness (QED) is 0.717. The van der Waals surface area contributed by atoms with Crippen LogP contribution in [-0.4, -0.2) is 35.5 Å². The highest BCUT2D eigenvalue weighted by atomic mass is 16.3. The molecule has 3 atom stereocenters. The van der Waals surface area contributed by atoms with Gasteiger partial charge >= 0.3 is 0 Å². The fourth-order valence-corrected chi connectivity index (χ4v) is 2.42. The summed E-state index contributed by atoms with van der Waals surface area (Å²) in [5.41, 5.74) is 1.28. The van der Waals surface area contributed by atoms with Gasteiger partial charge in [0.1, 0.15) is 0 Å². The predicted molar refractivity (Wildman–Crippen MR) is 83.6 cm³/mol. The van der Waals surface area contributed by atoms with Gasteiger partial charge in [0.05, 0.1) is 12.7 Å². The third-order valence-corrected chi connectivity index (χ3v) is 3.82. The van der Waals surface area contributed by atoms with E-state index in [1.165, 1.54) is 5.56 Å². The van der Waals surface area contributed by atoms with E-state index in [4.69, 9.17) is 5.11 Å². The van der Waals surface area contributed by atoms with Gasteiger partial charge in [-0.3, -0.25) is 0 Å². The van der Waals surface area contributed by atoms with Crippen LogP contribution in [0.2, 0.25) is 0 Å². The fourth-order valence-electron chi connectivity index (χ4n) is 2.42. The van der Waals surface area contributed by atoms with Crippen LogP contribution in [0.3, 0.4) is 0 Å². The maximum absolute atomic E-state index is 10.5. The molecule has 3 N–H and O–H groups in total. The van der Waals surface area contributed by atoms with Crippen molar-refractivity contribution in [1.82, 2.24) is 5.32 Å². The lowest BCUT2D eigenvalue weighted by molar-refractivity contribution is 0.0398. The van der Waals surface area contributed by atoms with Crippen LogP contribution in [0.25, 0.3) is 0 Å². The van der Waals surface area contributed by atoms with Gasteiger partial charge in [-0.1, -0.05) is 51.1 Å². The van der Waals surface area contributed by atoms with Crippen molar-refractivity contribution in [2.45, 2.75) is 46.3 Å². The Morgan fingerprint density at radius 3 is 2.25 bits per heavy atom. The number of benzene rings is 1. The molecule has 0 aliphatic heterocycles. The summed E-state index contributed by atoms with van der Waals surface area (Å²) in [6, 6.07) is 10.3. The van der Waals surface area contributed by atoms with Crippen molar-refractivity contribution in [2.75, 3.05) is 13.2 Å². The number of hydrogen-bond donors (Lipinski definition) is 3. The van der Waals surface area contributed by atoms with E-state index in [2.05, 4.69) is 38.2 Å². The van der Waals surface area contributed by atoms with Crippen LogP contribution in [0, 0.1) is 11.3 Å². The van der Waals surface area contributed by atoms with Crippen molar-refractivity contribution in [3.63, 3.8) is 0 Å². The standard InChI is InChI=1S/C17H29NO2/c1-13(12-19)18-11-16(20)15(17(2,3)4)10-14-8-6-5-7-9-14/h5-9,13,15-16,18-20H,10-12H2,1-4H3/t13-,15?,16-/m0/s1. The molecule has 0 aliphatic carbocycles. The molecule has 1 rings (SSSR count). The first kappa shape index (κ1) is 17.2. The zero-order chi connectivity index (χ0) is 15.2. The highest BCUT2D eigenvalue weighted by Gasteiger charge is 2.31. The van der Waals surface area contributed by atoms with Gasteiger partial charge in [0, 0.05) is 12.6 Å². The average molecular weight is 279 g/mol. The summed E-state index contributed by atoms with van der Waals surface area (Å²) in [5, 5.41) is 22.7. The van der Waals surface area contributed by atoms with Crippen molar-refractivity contribution in [3.05, 3.63) is 35.9 Å². The molecule has 0 saturated heterocycles. The van der Waals surface area contributed by atoms with Crippen molar-refractivity contribution >= 4 is 0 Å². The highest BCUT2D eigenvalue weighted by Crippen LogP contribution is 2.31. The van der Waals surface area contributed by atoms with Gasteiger partial charge in [0.15, 0.2) is 0 Å². The van der Waals surface area contributed by atoms with Crippen molar-refractivity contribution in [1.29, 1.82) is 0 Å². The van der Waals surface area contributed by atoms with E-state index in [-0.39, 0.29) is 24.0 Å². The summed E-state index contributed by atoms with van der Waals surface area (Å²) in [6.07, 6.45) is 0.435. The van der Waals surface area contributed by atoms with Gasteiger partial charge in [0.2, 0.25) is 0 Å². The lowest BCUT2D eigenvalue weighted by Crippen LogP contribution is -2.43. The van der Waals surface area contributed by atoms with Crippen molar-refractivity contribution < 1.29 is 10.2 Å². The second kappa shape index (κ2) is 7.77. The fraction of sp³-hybridized carbons (Fsp3) is 0.647. The Morgan fingerprint density at radius 2 is 1.75 bits per heavy atom. The predicted octanol–water partition coefficient (Wildman–Crippen LogP) is 2.22. The highest BCUT2D eigenvalue weighted by molar-refractivity contribution is 5.16. The summed E-state index contributed by atoms with van der Waals surface area (Å²) in [5.74, 6) is 0.170. The Morgan fingerprint density at radius 1 is 1.15 bits per heavy atom. The van der Waals surface area contributed by atoms with E-state index < -0.39 is 6.10 Å². The Labute approximate surface area is 123 Å². The lowest BCUT2D eigenvalue weighted by Gasteiger charge is -2.35. The van der Waals surface area contributed by atoms with E-state index in [0.29, 0.717) is 6.54 Å². The molecule has 3 heteroatoms. The minimum Gasteiger partial charge on any atom is -0.395 e. The number of rotatable bonds is 7. The third kappa shape index (κ3) is 5.61. The molecule has 0 aliphatic rings. The van der Waals surface area contributed by atoms with Crippen LogP contribution in [-0.2, 0) is 6.42 Å². The molecule has 1 aromatic carbocycles. The molecule has 114 valence electrons. The molecule has 0 bridgehead atoms. The molecule has 0 amide bonds. The zero-order valence-corrected chi connectivity index (χ0v) is 13.1. The largest absolute Gasteiger partial charge is 0.395 e. The minimum absolute atomic E-state index is 0.0157. The van der Waals surface area contributed by atoms with Gasteiger partial charge in [-0.25, -0.2) is 0 Å². The molecular weight excluding hydrogens is 250 g/mol. The van der Waals surface area contributed by atoms with Crippen LogP contribution in [0.5, 0.6) is 0 Å². The summed E-state index contributed by atoms with van der Waals surface area (Å²) in [7, 11) is 0. The topological polar surface area (TPSA) is 52.5 Å². The van der Waals surface area contributed by atoms with Gasteiger partial charge in [0.25, 0.3) is 0 Å². The second-order valence-electron chi connectivity index (χ2n) is 6.72. The van der Waals surface area contributed by atoms with E-state index in [1.54, 1.807) is 0 Å². The van der Waals surface area contributed by atoms with E-state index in [0.717, 1.165) is 6.42 Å². The third-order valence-electron chi connectivity index (χ3n) is 3.82. The summed E-state index contributed by atoms with van der Waals surface area (Å²) >= 11 is 0. The Hall–Kier alpha value is -0.900. The molecule has 1 unspecified atom stereocenters.